The van der Waals surface area contributed by atoms with E-state index in [1.807, 2.05) is 18.2 Å². The number of carbonyl (C=O) groups excluding carboxylic acids is 1. The molecule has 7 nitrogen and oxygen atoms in total. The van der Waals surface area contributed by atoms with Crippen LogP contribution < -0.4 is 0 Å². The predicted molar refractivity (Wildman–Crippen MR) is 61.4 cm³/mol. The number of aliphatic hydroxyl groups excluding tert-OH is 5. The van der Waals surface area contributed by atoms with E-state index >= 15 is 0 Å². The summed E-state index contributed by atoms with van der Waals surface area (Å²) in [4.78, 5) is 13.7. The van der Waals surface area contributed by atoms with Crippen molar-refractivity contribution in [3.8, 4) is 0 Å². The molecule has 1 rings (SSSR count). The molecular weight excluding hydrogens is 242 g/mol. The minimum atomic E-state index is -1.79. The predicted octanol–water partition coefficient (Wildman–Crippen LogP) is -2.30. The van der Waals surface area contributed by atoms with Gasteiger partial charge in [0.25, 0.3) is 0 Å². The molecule has 0 amide bonds. The first-order valence-corrected chi connectivity index (χ1v) is 5.18. The first kappa shape index (κ1) is 16.6. The van der Waals surface area contributed by atoms with Crippen molar-refractivity contribution < 1.29 is 30.3 Å². The molecule has 0 saturated heterocycles. The molecule has 0 aromatic carbocycles. The summed E-state index contributed by atoms with van der Waals surface area (Å²) in [5.41, 5.74) is 0. The monoisotopic (exact) mass is 259 g/mol. The van der Waals surface area contributed by atoms with Crippen molar-refractivity contribution in [2.24, 2.45) is 0 Å². The Balaban J connectivity index is 0.000000397. The van der Waals surface area contributed by atoms with Crippen LogP contribution in [0.2, 0.25) is 0 Å². The summed E-state index contributed by atoms with van der Waals surface area (Å²) in [6, 6.07) is 5.72. The van der Waals surface area contributed by atoms with Crippen molar-refractivity contribution in [1.29, 1.82) is 0 Å². The summed E-state index contributed by atoms with van der Waals surface area (Å²) in [5.74, 6) is 0. The Hall–Kier alpha value is -1.38. The van der Waals surface area contributed by atoms with Crippen LogP contribution in [0.15, 0.2) is 30.6 Å². The fraction of sp³-hybridized carbons (Fsp3) is 0.455. The Kier molecular flexibility index (Phi) is 8.89. The van der Waals surface area contributed by atoms with E-state index in [0.717, 1.165) is 0 Å². The van der Waals surface area contributed by atoms with Crippen LogP contribution in [0.4, 0.5) is 0 Å². The molecule has 1 aromatic rings. The van der Waals surface area contributed by atoms with Gasteiger partial charge in [0.2, 0.25) is 0 Å². The molecule has 0 aliphatic rings. The molecule has 0 bridgehead atoms. The van der Waals surface area contributed by atoms with Crippen molar-refractivity contribution in [3.05, 3.63) is 30.6 Å². The number of hydrogen-bond donors (Lipinski definition) is 5. The Morgan fingerprint density at radius 2 is 1.56 bits per heavy atom. The van der Waals surface area contributed by atoms with Crippen molar-refractivity contribution in [2.75, 3.05) is 6.61 Å². The molecule has 102 valence electrons. The fourth-order valence-corrected chi connectivity index (χ4v) is 0.931. The first-order valence-electron chi connectivity index (χ1n) is 5.18. The number of aliphatic hydroxyl groups is 5. The van der Waals surface area contributed by atoms with Gasteiger partial charge in [0.15, 0.2) is 6.29 Å². The summed E-state index contributed by atoms with van der Waals surface area (Å²) in [5, 5.41) is 43.5. The van der Waals surface area contributed by atoms with Gasteiger partial charge in [0.05, 0.1) is 6.61 Å². The normalized spacial score (nSPS) is 16.7. The van der Waals surface area contributed by atoms with Crippen LogP contribution in [0.1, 0.15) is 0 Å². The second kappa shape index (κ2) is 9.63. The number of pyridine rings is 1. The van der Waals surface area contributed by atoms with E-state index in [-0.39, 0.29) is 6.29 Å². The lowest BCUT2D eigenvalue weighted by atomic mass is 10.0. The van der Waals surface area contributed by atoms with Gasteiger partial charge in [-0.2, -0.15) is 0 Å². The van der Waals surface area contributed by atoms with Crippen molar-refractivity contribution >= 4 is 6.29 Å². The van der Waals surface area contributed by atoms with E-state index in [0.29, 0.717) is 0 Å². The van der Waals surface area contributed by atoms with Gasteiger partial charge < -0.3 is 30.3 Å². The number of hydrogen-bond acceptors (Lipinski definition) is 7. The maximum absolute atomic E-state index is 9.90. The molecule has 1 aromatic heterocycles. The van der Waals surface area contributed by atoms with Crippen LogP contribution in [0.5, 0.6) is 0 Å². The summed E-state index contributed by atoms with van der Waals surface area (Å²) in [7, 11) is 0. The second-order valence-corrected chi connectivity index (χ2v) is 3.38. The molecule has 0 aliphatic carbocycles. The van der Waals surface area contributed by atoms with Crippen LogP contribution in [0.3, 0.4) is 0 Å². The van der Waals surface area contributed by atoms with E-state index in [1.165, 1.54) is 0 Å². The summed E-state index contributed by atoms with van der Waals surface area (Å²) in [6.45, 7) is -0.760. The average Bonchev–Trinajstić information content (AvgIpc) is 2.46. The molecule has 0 aliphatic heterocycles. The third-order valence-corrected chi connectivity index (χ3v) is 1.99. The number of aromatic nitrogens is 1. The Bertz CT molecular complexity index is 283. The number of nitrogens with zero attached hydrogens (tertiary/aromatic N) is 1. The van der Waals surface area contributed by atoms with Crippen LogP contribution in [-0.2, 0) is 4.79 Å². The highest BCUT2D eigenvalue weighted by atomic mass is 16.4. The summed E-state index contributed by atoms with van der Waals surface area (Å²) < 4.78 is 0. The zero-order chi connectivity index (χ0) is 14.0. The molecule has 0 spiro atoms. The number of aldehydes is 1. The second-order valence-electron chi connectivity index (χ2n) is 3.38. The molecule has 0 saturated carbocycles. The highest BCUT2D eigenvalue weighted by molar-refractivity contribution is 5.56. The van der Waals surface area contributed by atoms with Crippen molar-refractivity contribution in [1.82, 2.24) is 4.98 Å². The van der Waals surface area contributed by atoms with E-state index < -0.39 is 31.0 Å². The molecule has 4 atom stereocenters. The molecule has 0 fully saturated rings. The molecule has 4 unspecified atom stereocenters. The minimum absolute atomic E-state index is 0.0258. The molecular formula is C11H17NO6. The van der Waals surface area contributed by atoms with Gasteiger partial charge in [-0.05, 0) is 12.1 Å². The highest BCUT2D eigenvalue weighted by Gasteiger charge is 2.29. The van der Waals surface area contributed by atoms with Gasteiger partial charge in [0.1, 0.15) is 24.4 Å². The maximum Gasteiger partial charge on any atom is 0.151 e. The summed E-state index contributed by atoms with van der Waals surface area (Å²) >= 11 is 0. The van der Waals surface area contributed by atoms with Gasteiger partial charge in [-0.25, -0.2) is 0 Å². The average molecular weight is 259 g/mol. The third kappa shape index (κ3) is 6.38. The van der Waals surface area contributed by atoms with Crippen molar-refractivity contribution in [2.45, 2.75) is 24.4 Å². The Labute approximate surface area is 104 Å². The lowest BCUT2D eigenvalue weighted by molar-refractivity contribution is -0.136. The van der Waals surface area contributed by atoms with Gasteiger partial charge >= 0.3 is 0 Å². The Morgan fingerprint density at radius 1 is 1.00 bits per heavy atom. The first-order chi connectivity index (χ1) is 8.54. The van der Waals surface area contributed by atoms with Crippen LogP contribution in [0.25, 0.3) is 0 Å². The molecule has 18 heavy (non-hydrogen) atoms. The largest absolute Gasteiger partial charge is 0.394 e. The smallest absolute Gasteiger partial charge is 0.151 e. The third-order valence-electron chi connectivity index (χ3n) is 1.99. The fourth-order valence-electron chi connectivity index (χ4n) is 0.931. The summed E-state index contributed by atoms with van der Waals surface area (Å²) in [6.07, 6.45) is -3.34. The lowest BCUT2D eigenvalue weighted by Crippen LogP contribution is -2.46. The zero-order valence-corrected chi connectivity index (χ0v) is 9.57. The lowest BCUT2D eigenvalue weighted by Gasteiger charge is -2.22. The molecule has 5 N–H and O–H groups in total. The van der Waals surface area contributed by atoms with Gasteiger partial charge in [-0.3, -0.25) is 4.98 Å². The van der Waals surface area contributed by atoms with Crippen LogP contribution in [0, 0.1) is 0 Å². The Morgan fingerprint density at radius 3 is 1.83 bits per heavy atom. The minimum Gasteiger partial charge on any atom is -0.394 e. The van der Waals surface area contributed by atoms with E-state index in [4.69, 9.17) is 25.5 Å². The van der Waals surface area contributed by atoms with Crippen LogP contribution in [-0.4, -0.2) is 67.8 Å². The standard InChI is InChI=1S/C6H12O6.C5H5N/c7-1-3(9)5(11)6(12)4(10)2-8;1-2-4-6-5-3-1/h1,3-6,8-12H,2H2;1-5H. The van der Waals surface area contributed by atoms with Crippen LogP contribution >= 0.6 is 0 Å². The quantitative estimate of drug-likeness (QED) is 0.376. The topological polar surface area (TPSA) is 131 Å². The van der Waals surface area contributed by atoms with E-state index in [9.17, 15) is 4.79 Å². The van der Waals surface area contributed by atoms with Crippen molar-refractivity contribution in [3.63, 3.8) is 0 Å². The number of rotatable bonds is 5. The highest BCUT2D eigenvalue weighted by Crippen LogP contribution is 2.02. The van der Waals surface area contributed by atoms with E-state index in [2.05, 4.69) is 4.98 Å². The molecule has 1 heterocycles. The molecule has 0 radical (unpaired) electrons. The maximum atomic E-state index is 9.90. The van der Waals surface area contributed by atoms with E-state index in [1.54, 1.807) is 12.4 Å². The number of carbonyl (C=O) groups is 1. The SMILES string of the molecule is O=CC(O)C(O)C(O)C(O)CO.c1ccncc1. The zero-order valence-electron chi connectivity index (χ0n) is 9.57. The molecule has 7 heteroatoms. The van der Waals surface area contributed by atoms with Gasteiger partial charge in [0, 0.05) is 12.4 Å². The van der Waals surface area contributed by atoms with Gasteiger partial charge in [-0.15, -0.1) is 0 Å². The van der Waals surface area contributed by atoms with Gasteiger partial charge in [-0.1, -0.05) is 6.07 Å².